The molecule has 2 aromatic carbocycles. The molecule has 7 nitrogen and oxygen atoms in total. The second-order valence-corrected chi connectivity index (χ2v) is 7.84. The van der Waals surface area contributed by atoms with Crippen molar-refractivity contribution in [2.75, 3.05) is 17.7 Å². The molecule has 0 spiro atoms. The summed E-state index contributed by atoms with van der Waals surface area (Å²) in [5.41, 5.74) is 2.20. The molecule has 31 heavy (non-hydrogen) atoms. The van der Waals surface area contributed by atoms with Crippen molar-refractivity contribution < 1.29 is 19.1 Å². The zero-order valence-electron chi connectivity index (χ0n) is 16.9. The lowest BCUT2D eigenvalue weighted by Gasteiger charge is -2.09. The summed E-state index contributed by atoms with van der Waals surface area (Å²) in [5.74, 6) is 0.164. The standard InChI is InChI=1S/C22H20ClN3O4S/c1-14-11-15(2)25-22(24-14)31-13-21(28)29-12-20(27)26-16-7-9-17(10-8-16)30-19-6-4-3-5-18(19)23/h3-11H,12-13H2,1-2H3,(H,26,27). The third-order valence-electron chi connectivity index (χ3n) is 3.85. The van der Waals surface area contributed by atoms with Crippen LogP contribution in [0, 0.1) is 13.8 Å². The van der Waals surface area contributed by atoms with E-state index in [-0.39, 0.29) is 12.4 Å². The number of ether oxygens (including phenoxy) is 2. The number of amides is 1. The minimum Gasteiger partial charge on any atom is -0.456 e. The van der Waals surface area contributed by atoms with Gasteiger partial charge in [-0.1, -0.05) is 35.5 Å². The van der Waals surface area contributed by atoms with E-state index in [1.54, 1.807) is 36.4 Å². The molecule has 3 rings (SSSR count). The second kappa shape index (κ2) is 10.8. The quantitative estimate of drug-likeness (QED) is 0.295. The maximum atomic E-state index is 12.0. The number of nitrogens with zero attached hydrogens (tertiary/aromatic N) is 2. The van der Waals surface area contributed by atoms with Crippen molar-refractivity contribution in [3.8, 4) is 11.5 Å². The van der Waals surface area contributed by atoms with Gasteiger partial charge < -0.3 is 14.8 Å². The van der Waals surface area contributed by atoms with Crippen molar-refractivity contribution in [1.29, 1.82) is 0 Å². The minimum atomic E-state index is -0.522. The van der Waals surface area contributed by atoms with Crippen molar-refractivity contribution in [2.45, 2.75) is 19.0 Å². The van der Waals surface area contributed by atoms with Crippen molar-refractivity contribution >= 4 is 40.9 Å². The lowest BCUT2D eigenvalue weighted by Crippen LogP contribution is -2.21. The van der Waals surface area contributed by atoms with Crippen molar-refractivity contribution in [3.05, 3.63) is 71.0 Å². The van der Waals surface area contributed by atoms with E-state index in [1.165, 1.54) is 0 Å². The summed E-state index contributed by atoms with van der Waals surface area (Å²) in [6.07, 6.45) is 0. The molecule has 0 saturated heterocycles. The average molecular weight is 458 g/mol. The Morgan fingerprint density at radius 2 is 1.71 bits per heavy atom. The molecule has 1 aromatic heterocycles. The first-order chi connectivity index (χ1) is 14.9. The molecule has 0 bridgehead atoms. The Kier molecular flexibility index (Phi) is 7.86. The van der Waals surface area contributed by atoms with E-state index in [0.717, 1.165) is 23.1 Å². The fourth-order valence-corrected chi connectivity index (χ4v) is 3.45. The molecule has 9 heteroatoms. The average Bonchev–Trinajstić information content (AvgIpc) is 2.73. The number of hydrogen-bond donors (Lipinski definition) is 1. The first-order valence-corrected chi connectivity index (χ1v) is 10.7. The van der Waals surface area contributed by atoms with Gasteiger partial charge in [0.15, 0.2) is 11.8 Å². The molecule has 0 unspecified atom stereocenters. The number of esters is 1. The highest BCUT2D eigenvalue weighted by molar-refractivity contribution is 7.99. The van der Waals surface area contributed by atoms with E-state index in [0.29, 0.717) is 27.4 Å². The number of halogens is 1. The molecule has 3 aromatic rings. The number of aromatic nitrogens is 2. The zero-order chi connectivity index (χ0) is 22.2. The monoisotopic (exact) mass is 457 g/mol. The highest BCUT2D eigenvalue weighted by Gasteiger charge is 2.11. The fraction of sp³-hybridized carbons (Fsp3) is 0.182. The Balaban J connectivity index is 1.42. The summed E-state index contributed by atoms with van der Waals surface area (Å²) in [7, 11) is 0. The lowest BCUT2D eigenvalue weighted by atomic mass is 10.3. The van der Waals surface area contributed by atoms with Crippen molar-refractivity contribution in [1.82, 2.24) is 9.97 Å². The number of hydrogen-bond acceptors (Lipinski definition) is 7. The maximum absolute atomic E-state index is 12.0. The zero-order valence-corrected chi connectivity index (χ0v) is 18.5. The normalized spacial score (nSPS) is 10.4. The maximum Gasteiger partial charge on any atom is 0.316 e. The number of carbonyl (C=O) groups is 2. The minimum absolute atomic E-state index is 0.0181. The van der Waals surface area contributed by atoms with Crippen LogP contribution in [0.5, 0.6) is 11.5 Å². The van der Waals surface area contributed by atoms with Crippen LogP contribution < -0.4 is 10.1 Å². The van der Waals surface area contributed by atoms with Crippen LogP contribution in [0.3, 0.4) is 0 Å². The van der Waals surface area contributed by atoms with E-state index < -0.39 is 11.9 Å². The van der Waals surface area contributed by atoms with Crippen LogP contribution in [0.15, 0.2) is 59.8 Å². The number of carbonyl (C=O) groups excluding carboxylic acids is 2. The van der Waals surface area contributed by atoms with Gasteiger partial charge in [0.1, 0.15) is 11.5 Å². The summed E-state index contributed by atoms with van der Waals surface area (Å²) in [5, 5.41) is 3.66. The van der Waals surface area contributed by atoms with E-state index in [4.69, 9.17) is 21.1 Å². The number of anilines is 1. The van der Waals surface area contributed by atoms with Gasteiger partial charge in [0.05, 0.1) is 10.8 Å². The van der Waals surface area contributed by atoms with Gasteiger partial charge in [0.2, 0.25) is 0 Å². The first kappa shape index (κ1) is 22.6. The van der Waals surface area contributed by atoms with E-state index in [9.17, 15) is 9.59 Å². The van der Waals surface area contributed by atoms with Crippen LogP contribution in [0.4, 0.5) is 5.69 Å². The topological polar surface area (TPSA) is 90.4 Å². The summed E-state index contributed by atoms with van der Waals surface area (Å²) in [6.45, 7) is 3.33. The lowest BCUT2D eigenvalue weighted by molar-refractivity contribution is -0.144. The van der Waals surface area contributed by atoms with Crippen LogP contribution in [0.25, 0.3) is 0 Å². The number of thioether (sulfide) groups is 1. The first-order valence-electron chi connectivity index (χ1n) is 9.32. The second-order valence-electron chi connectivity index (χ2n) is 6.49. The molecule has 0 aliphatic carbocycles. The molecule has 0 fully saturated rings. The number of nitrogens with one attached hydrogen (secondary N) is 1. The SMILES string of the molecule is Cc1cc(C)nc(SCC(=O)OCC(=O)Nc2ccc(Oc3ccccc3Cl)cc2)n1. The molecule has 1 amide bonds. The van der Waals surface area contributed by atoms with Gasteiger partial charge in [0.25, 0.3) is 5.91 Å². The number of para-hydroxylation sites is 1. The number of rotatable bonds is 8. The molecular formula is C22H20ClN3O4S. The Morgan fingerprint density at radius 1 is 1.03 bits per heavy atom. The van der Waals surface area contributed by atoms with E-state index in [1.807, 2.05) is 32.0 Å². The van der Waals surface area contributed by atoms with Crippen LogP contribution in [0.1, 0.15) is 11.4 Å². The Bertz CT molecular complexity index is 1060. The van der Waals surface area contributed by atoms with Gasteiger partial charge in [-0.25, -0.2) is 9.97 Å². The Labute approximate surface area is 189 Å². The van der Waals surface area contributed by atoms with E-state index in [2.05, 4.69) is 15.3 Å². The van der Waals surface area contributed by atoms with Crippen LogP contribution in [-0.4, -0.2) is 34.2 Å². The molecule has 1 heterocycles. The molecule has 0 aliphatic heterocycles. The summed E-state index contributed by atoms with van der Waals surface area (Å²) in [4.78, 5) is 32.4. The smallest absolute Gasteiger partial charge is 0.316 e. The van der Waals surface area contributed by atoms with Crippen LogP contribution in [0.2, 0.25) is 5.02 Å². The Hall–Kier alpha value is -3.10. The molecule has 0 atom stereocenters. The van der Waals surface area contributed by atoms with Crippen molar-refractivity contribution in [3.63, 3.8) is 0 Å². The highest BCUT2D eigenvalue weighted by Crippen LogP contribution is 2.29. The van der Waals surface area contributed by atoms with Crippen LogP contribution in [-0.2, 0) is 14.3 Å². The molecule has 0 radical (unpaired) electrons. The summed E-state index contributed by atoms with van der Waals surface area (Å²) in [6, 6.07) is 15.7. The predicted octanol–water partition coefficient (Wildman–Crippen LogP) is 4.81. The number of benzene rings is 2. The van der Waals surface area contributed by atoms with E-state index >= 15 is 0 Å². The highest BCUT2D eigenvalue weighted by atomic mass is 35.5. The Morgan fingerprint density at radius 3 is 2.39 bits per heavy atom. The van der Waals surface area contributed by atoms with Gasteiger partial charge in [-0.05, 0) is 56.3 Å². The predicted molar refractivity (Wildman–Crippen MR) is 120 cm³/mol. The molecule has 0 aliphatic rings. The number of aryl methyl sites for hydroxylation is 2. The largest absolute Gasteiger partial charge is 0.456 e. The van der Waals surface area contributed by atoms with Gasteiger partial charge >= 0.3 is 5.97 Å². The van der Waals surface area contributed by atoms with Gasteiger partial charge in [-0.2, -0.15) is 0 Å². The third-order valence-corrected chi connectivity index (χ3v) is 4.98. The van der Waals surface area contributed by atoms with Crippen molar-refractivity contribution in [2.24, 2.45) is 0 Å². The van der Waals surface area contributed by atoms with Gasteiger partial charge in [-0.3, -0.25) is 9.59 Å². The molecule has 1 N–H and O–H groups in total. The van der Waals surface area contributed by atoms with Gasteiger partial charge in [-0.15, -0.1) is 0 Å². The van der Waals surface area contributed by atoms with Gasteiger partial charge in [0, 0.05) is 17.1 Å². The molecule has 0 saturated carbocycles. The van der Waals surface area contributed by atoms with Crippen LogP contribution >= 0.6 is 23.4 Å². The third kappa shape index (κ3) is 7.27. The summed E-state index contributed by atoms with van der Waals surface area (Å²) >= 11 is 7.24. The molecule has 160 valence electrons. The molecular weight excluding hydrogens is 438 g/mol. The summed E-state index contributed by atoms with van der Waals surface area (Å²) < 4.78 is 10.7. The fourth-order valence-electron chi connectivity index (χ4n) is 2.53.